The van der Waals surface area contributed by atoms with Gasteiger partial charge in [0.05, 0.1) is 16.1 Å². The highest BCUT2D eigenvalue weighted by molar-refractivity contribution is 6.33. The van der Waals surface area contributed by atoms with Crippen molar-refractivity contribution in [2.75, 3.05) is 0 Å². The maximum absolute atomic E-state index is 13.9. The first kappa shape index (κ1) is 14.2. The van der Waals surface area contributed by atoms with Gasteiger partial charge < -0.3 is 4.79 Å². The Morgan fingerprint density at radius 1 is 1.50 bits per heavy atom. The number of aldehydes is 1. The Hall–Kier alpha value is -2.19. The van der Waals surface area contributed by atoms with Crippen LogP contribution in [0.15, 0.2) is 24.4 Å². The Morgan fingerprint density at radius 2 is 2.20 bits per heavy atom. The standard InChI is InChI=1S/C14H11ClFN3O/c1-14(2,8-20)19-7-9(6-17)13(18-19)12-10(15)4-3-5-11(12)16/h3-5,7-8H,1-2H3. The Balaban J connectivity index is 2.70. The molecule has 0 aliphatic rings. The third-order valence-electron chi connectivity index (χ3n) is 2.91. The largest absolute Gasteiger partial charge is 0.301 e. The zero-order valence-corrected chi connectivity index (χ0v) is 11.6. The van der Waals surface area contributed by atoms with Crippen LogP contribution in [-0.4, -0.2) is 16.1 Å². The van der Waals surface area contributed by atoms with Crippen molar-refractivity contribution < 1.29 is 9.18 Å². The van der Waals surface area contributed by atoms with E-state index < -0.39 is 11.4 Å². The third-order valence-corrected chi connectivity index (χ3v) is 3.23. The second kappa shape index (κ2) is 5.06. The molecule has 0 aliphatic carbocycles. The van der Waals surface area contributed by atoms with Gasteiger partial charge in [-0.3, -0.25) is 4.68 Å². The van der Waals surface area contributed by atoms with Crippen molar-refractivity contribution in [3.8, 4) is 17.3 Å². The molecule has 20 heavy (non-hydrogen) atoms. The summed E-state index contributed by atoms with van der Waals surface area (Å²) >= 11 is 5.98. The molecule has 6 heteroatoms. The summed E-state index contributed by atoms with van der Waals surface area (Å²) in [5.74, 6) is -0.567. The number of carbonyl (C=O) groups is 1. The Bertz CT molecular complexity index is 695. The van der Waals surface area contributed by atoms with E-state index in [4.69, 9.17) is 16.9 Å². The van der Waals surface area contributed by atoms with Gasteiger partial charge in [-0.1, -0.05) is 17.7 Å². The normalized spacial score (nSPS) is 11.2. The van der Waals surface area contributed by atoms with Crippen LogP contribution in [0.25, 0.3) is 11.3 Å². The molecule has 0 saturated heterocycles. The summed E-state index contributed by atoms with van der Waals surface area (Å²) in [6.07, 6.45) is 2.11. The van der Waals surface area contributed by atoms with E-state index in [0.717, 1.165) is 0 Å². The summed E-state index contributed by atoms with van der Waals surface area (Å²) in [4.78, 5) is 11.1. The van der Waals surface area contributed by atoms with E-state index in [2.05, 4.69) is 5.10 Å². The molecule has 0 unspecified atom stereocenters. The molecule has 1 heterocycles. The van der Waals surface area contributed by atoms with Crippen molar-refractivity contribution in [1.29, 1.82) is 5.26 Å². The highest BCUT2D eigenvalue weighted by Gasteiger charge is 2.25. The molecule has 0 fully saturated rings. The zero-order valence-electron chi connectivity index (χ0n) is 10.9. The smallest absolute Gasteiger partial charge is 0.147 e. The van der Waals surface area contributed by atoms with Crippen LogP contribution in [0.4, 0.5) is 4.39 Å². The lowest BCUT2D eigenvalue weighted by molar-refractivity contribution is -0.114. The van der Waals surface area contributed by atoms with E-state index in [9.17, 15) is 9.18 Å². The molecule has 2 aromatic rings. The lowest BCUT2D eigenvalue weighted by Gasteiger charge is -2.17. The van der Waals surface area contributed by atoms with Gasteiger partial charge in [-0.15, -0.1) is 0 Å². The van der Waals surface area contributed by atoms with Crippen LogP contribution >= 0.6 is 11.6 Å². The maximum atomic E-state index is 13.9. The molecular formula is C14H11ClFN3O. The van der Waals surface area contributed by atoms with Gasteiger partial charge in [-0.25, -0.2) is 4.39 Å². The van der Waals surface area contributed by atoms with E-state index in [1.165, 1.54) is 29.1 Å². The molecule has 0 atom stereocenters. The minimum absolute atomic E-state index is 0.0613. The number of hydrogen-bond acceptors (Lipinski definition) is 3. The van der Waals surface area contributed by atoms with Crippen LogP contribution in [0.1, 0.15) is 19.4 Å². The van der Waals surface area contributed by atoms with Crippen molar-refractivity contribution >= 4 is 17.9 Å². The Morgan fingerprint density at radius 3 is 2.75 bits per heavy atom. The number of aromatic nitrogens is 2. The summed E-state index contributed by atoms with van der Waals surface area (Å²) in [6.45, 7) is 3.28. The van der Waals surface area contributed by atoms with Crippen LogP contribution in [-0.2, 0) is 10.3 Å². The van der Waals surface area contributed by atoms with Gasteiger partial charge >= 0.3 is 0 Å². The molecule has 2 rings (SSSR count). The topological polar surface area (TPSA) is 58.7 Å². The van der Waals surface area contributed by atoms with Gasteiger partial charge in [-0.2, -0.15) is 10.4 Å². The Labute approximate surface area is 120 Å². The number of benzene rings is 1. The van der Waals surface area contributed by atoms with Crippen LogP contribution in [0.2, 0.25) is 5.02 Å². The van der Waals surface area contributed by atoms with Crippen molar-refractivity contribution in [1.82, 2.24) is 9.78 Å². The quantitative estimate of drug-likeness (QED) is 0.816. The SMILES string of the molecule is CC(C)(C=O)n1cc(C#N)c(-c2c(F)cccc2Cl)n1. The first-order chi connectivity index (χ1) is 9.40. The van der Waals surface area contributed by atoms with Gasteiger partial charge in [0.1, 0.15) is 29.4 Å². The monoisotopic (exact) mass is 291 g/mol. The predicted molar refractivity (Wildman–Crippen MR) is 72.7 cm³/mol. The fourth-order valence-electron chi connectivity index (χ4n) is 1.71. The van der Waals surface area contributed by atoms with Gasteiger partial charge in [0.25, 0.3) is 0 Å². The third kappa shape index (κ3) is 2.30. The lowest BCUT2D eigenvalue weighted by Crippen LogP contribution is -2.28. The molecule has 0 aliphatic heterocycles. The number of halogens is 2. The van der Waals surface area contributed by atoms with Crippen molar-refractivity contribution in [3.05, 3.63) is 40.8 Å². The number of nitrogens with zero attached hydrogens (tertiary/aromatic N) is 3. The van der Waals surface area contributed by atoms with Gasteiger partial charge in [0, 0.05) is 6.20 Å². The van der Waals surface area contributed by atoms with Crippen molar-refractivity contribution in [2.24, 2.45) is 0 Å². The minimum atomic E-state index is -0.929. The number of rotatable bonds is 3. The first-order valence-corrected chi connectivity index (χ1v) is 6.19. The lowest BCUT2D eigenvalue weighted by atomic mass is 10.1. The summed E-state index contributed by atoms with van der Waals surface area (Å²) in [5, 5.41) is 13.5. The molecule has 0 saturated carbocycles. The summed E-state index contributed by atoms with van der Waals surface area (Å²) in [5.41, 5.74) is -0.578. The highest BCUT2D eigenvalue weighted by Crippen LogP contribution is 2.32. The van der Waals surface area contributed by atoms with Gasteiger partial charge in [-0.05, 0) is 26.0 Å². The highest BCUT2D eigenvalue weighted by atomic mass is 35.5. The van der Waals surface area contributed by atoms with E-state index in [-0.39, 0.29) is 21.8 Å². The fourth-order valence-corrected chi connectivity index (χ4v) is 1.97. The second-order valence-electron chi connectivity index (χ2n) is 4.82. The molecule has 102 valence electrons. The molecule has 0 spiro atoms. The minimum Gasteiger partial charge on any atom is -0.301 e. The average Bonchev–Trinajstić information content (AvgIpc) is 2.83. The first-order valence-electron chi connectivity index (χ1n) is 5.81. The van der Waals surface area contributed by atoms with Crippen LogP contribution in [0, 0.1) is 17.1 Å². The van der Waals surface area contributed by atoms with Crippen molar-refractivity contribution in [2.45, 2.75) is 19.4 Å². The number of nitriles is 1. The van der Waals surface area contributed by atoms with Crippen molar-refractivity contribution in [3.63, 3.8) is 0 Å². The van der Waals surface area contributed by atoms with Gasteiger partial charge in [0.2, 0.25) is 0 Å². The summed E-state index contributed by atoms with van der Waals surface area (Å²) in [7, 11) is 0. The molecule has 1 aromatic carbocycles. The fraction of sp³-hybridized carbons (Fsp3) is 0.214. The zero-order chi connectivity index (χ0) is 14.9. The second-order valence-corrected chi connectivity index (χ2v) is 5.22. The average molecular weight is 292 g/mol. The molecule has 0 amide bonds. The molecule has 0 bridgehead atoms. The van der Waals surface area contributed by atoms with E-state index >= 15 is 0 Å². The molecule has 1 aromatic heterocycles. The number of carbonyl (C=O) groups excluding carboxylic acids is 1. The summed E-state index contributed by atoms with van der Waals surface area (Å²) < 4.78 is 15.3. The molecule has 4 nitrogen and oxygen atoms in total. The molecular weight excluding hydrogens is 281 g/mol. The number of hydrogen-bond donors (Lipinski definition) is 0. The van der Waals surface area contributed by atoms with Crippen LogP contribution in [0.5, 0.6) is 0 Å². The molecule has 0 radical (unpaired) electrons. The summed E-state index contributed by atoms with van der Waals surface area (Å²) in [6, 6.07) is 6.17. The van der Waals surface area contributed by atoms with Crippen LogP contribution in [0.3, 0.4) is 0 Å². The van der Waals surface area contributed by atoms with E-state index in [1.54, 1.807) is 13.8 Å². The van der Waals surface area contributed by atoms with Crippen LogP contribution < -0.4 is 0 Å². The Kier molecular flexibility index (Phi) is 3.60. The molecule has 0 N–H and O–H groups in total. The van der Waals surface area contributed by atoms with Gasteiger partial charge in [0.15, 0.2) is 0 Å². The maximum Gasteiger partial charge on any atom is 0.147 e. The van der Waals surface area contributed by atoms with E-state index in [0.29, 0.717) is 6.29 Å². The van der Waals surface area contributed by atoms with E-state index in [1.807, 2.05) is 6.07 Å². The predicted octanol–water partition coefficient (Wildman–Crippen LogP) is 3.15.